The van der Waals surface area contributed by atoms with Crippen LogP contribution in [0.2, 0.25) is 0 Å². The van der Waals surface area contributed by atoms with Crippen molar-refractivity contribution in [3.05, 3.63) is 24.0 Å². The van der Waals surface area contributed by atoms with Gasteiger partial charge in [0.15, 0.2) is 0 Å². The first-order valence-electron chi connectivity index (χ1n) is 5.32. The van der Waals surface area contributed by atoms with Crippen molar-refractivity contribution in [1.82, 2.24) is 9.88 Å². The van der Waals surface area contributed by atoms with Crippen LogP contribution in [0.3, 0.4) is 0 Å². The molecular formula is C12H17N3O. The Labute approximate surface area is 95.9 Å². The highest BCUT2D eigenvalue weighted by atomic mass is 16.2. The summed E-state index contributed by atoms with van der Waals surface area (Å²) in [5.41, 5.74) is 0.113. The number of nitriles is 1. The van der Waals surface area contributed by atoms with E-state index in [0.717, 1.165) is 5.56 Å². The average Bonchev–Trinajstić information content (AvgIpc) is 2.70. The molecule has 4 nitrogen and oxygen atoms in total. The minimum atomic E-state index is -0.922. The van der Waals surface area contributed by atoms with Gasteiger partial charge in [0.2, 0.25) is 5.91 Å². The summed E-state index contributed by atoms with van der Waals surface area (Å²) in [7, 11) is 1.93. The Morgan fingerprint density at radius 1 is 1.69 bits per heavy atom. The van der Waals surface area contributed by atoms with E-state index in [4.69, 9.17) is 5.26 Å². The first kappa shape index (κ1) is 12.3. The van der Waals surface area contributed by atoms with Crippen molar-refractivity contribution in [2.75, 3.05) is 0 Å². The standard InChI is InChI=1S/C12H17N3O/c1-4-12(2,9-13)11(16)14-7-10-5-6-15(3)8-10/h5-6,8H,4,7H2,1-3H3,(H,14,16). The second kappa shape index (κ2) is 4.84. The van der Waals surface area contributed by atoms with Crippen molar-refractivity contribution < 1.29 is 4.79 Å². The minimum Gasteiger partial charge on any atom is -0.357 e. The van der Waals surface area contributed by atoms with E-state index < -0.39 is 5.41 Å². The number of nitrogens with zero attached hydrogens (tertiary/aromatic N) is 2. The molecule has 0 saturated carbocycles. The molecule has 0 bridgehead atoms. The summed E-state index contributed by atoms with van der Waals surface area (Å²) < 4.78 is 1.92. The van der Waals surface area contributed by atoms with Gasteiger partial charge in [0.25, 0.3) is 0 Å². The lowest BCUT2D eigenvalue weighted by Crippen LogP contribution is -2.37. The number of rotatable bonds is 4. The number of amides is 1. The molecule has 0 aliphatic heterocycles. The molecule has 0 fully saturated rings. The van der Waals surface area contributed by atoms with Gasteiger partial charge >= 0.3 is 0 Å². The van der Waals surface area contributed by atoms with Crippen molar-refractivity contribution in [3.8, 4) is 6.07 Å². The largest absolute Gasteiger partial charge is 0.357 e. The summed E-state index contributed by atoms with van der Waals surface area (Å²) in [6, 6.07) is 3.99. The van der Waals surface area contributed by atoms with Crippen LogP contribution in [0.5, 0.6) is 0 Å². The molecule has 1 N–H and O–H groups in total. The van der Waals surface area contributed by atoms with Gasteiger partial charge in [0.05, 0.1) is 6.07 Å². The van der Waals surface area contributed by atoms with Gasteiger partial charge in [-0.2, -0.15) is 5.26 Å². The van der Waals surface area contributed by atoms with Crippen LogP contribution in [0.1, 0.15) is 25.8 Å². The third-order valence-electron chi connectivity index (χ3n) is 2.80. The van der Waals surface area contributed by atoms with Crippen LogP contribution >= 0.6 is 0 Å². The molecule has 1 aromatic heterocycles. The molecule has 4 heteroatoms. The molecule has 0 aromatic carbocycles. The summed E-state index contributed by atoms with van der Waals surface area (Å²) in [5, 5.41) is 11.7. The van der Waals surface area contributed by atoms with Crippen molar-refractivity contribution >= 4 is 5.91 Å². The number of aryl methyl sites for hydroxylation is 1. The van der Waals surface area contributed by atoms with Crippen molar-refractivity contribution in [2.45, 2.75) is 26.8 Å². The molecule has 0 aliphatic rings. The Hall–Kier alpha value is -1.76. The molecular weight excluding hydrogens is 202 g/mol. The van der Waals surface area contributed by atoms with Gasteiger partial charge in [-0.15, -0.1) is 0 Å². The molecule has 0 aliphatic carbocycles. The third kappa shape index (κ3) is 2.63. The Morgan fingerprint density at radius 2 is 2.38 bits per heavy atom. The number of hydrogen-bond donors (Lipinski definition) is 1. The molecule has 0 saturated heterocycles. The third-order valence-corrected chi connectivity index (χ3v) is 2.80. The predicted molar refractivity (Wildman–Crippen MR) is 61.3 cm³/mol. The molecule has 86 valence electrons. The maximum atomic E-state index is 11.8. The monoisotopic (exact) mass is 219 g/mol. The summed E-state index contributed by atoms with van der Waals surface area (Å²) in [6.07, 6.45) is 4.38. The fourth-order valence-electron chi connectivity index (χ4n) is 1.33. The fraction of sp³-hybridized carbons (Fsp3) is 0.500. The second-order valence-corrected chi connectivity index (χ2v) is 4.17. The van der Waals surface area contributed by atoms with Gasteiger partial charge in [-0.25, -0.2) is 0 Å². The number of hydrogen-bond acceptors (Lipinski definition) is 2. The van der Waals surface area contributed by atoms with Gasteiger partial charge in [-0.3, -0.25) is 4.79 Å². The van der Waals surface area contributed by atoms with Crippen LogP contribution in [0.25, 0.3) is 0 Å². The summed E-state index contributed by atoms with van der Waals surface area (Å²) in [4.78, 5) is 11.8. The number of nitrogens with one attached hydrogen (secondary N) is 1. The van der Waals surface area contributed by atoms with Gasteiger partial charge in [0.1, 0.15) is 5.41 Å². The van der Waals surface area contributed by atoms with Crippen LogP contribution in [0.15, 0.2) is 18.5 Å². The van der Waals surface area contributed by atoms with E-state index in [2.05, 4.69) is 11.4 Å². The quantitative estimate of drug-likeness (QED) is 0.835. The van der Waals surface area contributed by atoms with Crippen LogP contribution in [-0.2, 0) is 18.4 Å². The molecule has 1 heterocycles. The molecule has 1 unspecified atom stereocenters. The Morgan fingerprint density at radius 3 is 2.81 bits per heavy atom. The van der Waals surface area contributed by atoms with Crippen LogP contribution < -0.4 is 5.32 Å². The van der Waals surface area contributed by atoms with Gasteiger partial charge in [0, 0.05) is 26.0 Å². The van der Waals surface area contributed by atoms with E-state index in [1.807, 2.05) is 37.0 Å². The molecule has 0 spiro atoms. The first-order valence-corrected chi connectivity index (χ1v) is 5.32. The fourth-order valence-corrected chi connectivity index (χ4v) is 1.33. The molecule has 1 amide bonds. The van der Waals surface area contributed by atoms with Crippen molar-refractivity contribution in [3.63, 3.8) is 0 Å². The predicted octanol–water partition coefficient (Wildman–Crippen LogP) is 1.58. The number of aromatic nitrogens is 1. The summed E-state index contributed by atoms with van der Waals surface area (Å²) >= 11 is 0. The summed E-state index contributed by atoms with van der Waals surface area (Å²) in [6.45, 7) is 3.97. The maximum Gasteiger partial charge on any atom is 0.240 e. The number of carbonyl (C=O) groups excluding carboxylic acids is 1. The van der Waals surface area contributed by atoms with E-state index in [-0.39, 0.29) is 5.91 Å². The Kier molecular flexibility index (Phi) is 3.73. The first-order chi connectivity index (χ1) is 7.51. The van der Waals surface area contributed by atoms with Gasteiger partial charge in [-0.1, -0.05) is 6.92 Å². The Bertz CT molecular complexity index is 416. The zero-order valence-corrected chi connectivity index (χ0v) is 9.95. The van der Waals surface area contributed by atoms with Gasteiger partial charge in [-0.05, 0) is 25.0 Å². The lowest BCUT2D eigenvalue weighted by molar-refractivity contribution is -0.127. The second-order valence-electron chi connectivity index (χ2n) is 4.17. The lowest BCUT2D eigenvalue weighted by atomic mass is 9.88. The topological polar surface area (TPSA) is 57.8 Å². The van der Waals surface area contributed by atoms with Crippen LogP contribution in [0, 0.1) is 16.7 Å². The minimum absolute atomic E-state index is 0.207. The molecule has 1 rings (SSSR count). The highest BCUT2D eigenvalue weighted by Crippen LogP contribution is 2.19. The van der Waals surface area contributed by atoms with Crippen molar-refractivity contribution in [1.29, 1.82) is 5.26 Å². The molecule has 16 heavy (non-hydrogen) atoms. The maximum absolute atomic E-state index is 11.8. The van der Waals surface area contributed by atoms with Crippen LogP contribution in [-0.4, -0.2) is 10.5 Å². The lowest BCUT2D eigenvalue weighted by Gasteiger charge is -2.18. The zero-order valence-electron chi connectivity index (χ0n) is 9.95. The number of carbonyl (C=O) groups is 1. The SMILES string of the molecule is CCC(C)(C#N)C(=O)NCc1ccn(C)c1. The van der Waals surface area contributed by atoms with E-state index in [0.29, 0.717) is 13.0 Å². The normalized spacial score (nSPS) is 13.9. The van der Waals surface area contributed by atoms with Crippen LogP contribution in [0.4, 0.5) is 0 Å². The summed E-state index contributed by atoms with van der Waals surface area (Å²) in [5.74, 6) is -0.207. The van der Waals surface area contributed by atoms with Crippen molar-refractivity contribution in [2.24, 2.45) is 12.5 Å². The van der Waals surface area contributed by atoms with E-state index in [9.17, 15) is 4.79 Å². The highest BCUT2D eigenvalue weighted by molar-refractivity contribution is 5.84. The molecule has 1 aromatic rings. The van der Waals surface area contributed by atoms with E-state index in [1.54, 1.807) is 6.92 Å². The molecule has 1 atom stereocenters. The van der Waals surface area contributed by atoms with Gasteiger partial charge < -0.3 is 9.88 Å². The smallest absolute Gasteiger partial charge is 0.240 e. The zero-order chi connectivity index (χ0) is 12.2. The molecule has 0 radical (unpaired) electrons. The highest BCUT2D eigenvalue weighted by Gasteiger charge is 2.30. The average molecular weight is 219 g/mol. The Balaban J connectivity index is 2.57. The van der Waals surface area contributed by atoms with E-state index in [1.165, 1.54) is 0 Å². The van der Waals surface area contributed by atoms with E-state index >= 15 is 0 Å².